The molecule has 0 saturated heterocycles. The molecule has 0 radical (unpaired) electrons. The lowest BCUT2D eigenvalue weighted by Gasteiger charge is -2.34. The second-order valence-corrected chi connectivity index (χ2v) is 15.2. The minimum Gasteiger partial charge on any atom is -0.478 e. The molecule has 2 aliphatic rings. The van der Waals surface area contributed by atoms with Gasteiger partial charge in [0, 0.05) is 51.3 Å². The van der Waals surface area contributed by atoms with E-state index in [0.717, 1.165) is 72.6 Å². The third kappa shape index (κ3) is 7.22. The van der Waals surface area contributed by atoms with Gasteiger partial charge in [0.05, 0.1) is 11.4 Å². The number of ether oxygens (including phenoxy) is 2. The summed E-state index contributed by atoms with van der Waals surface area (Å²) in [6.45, 7) is 0. The van der Waals surface area contributed by atoms with Crippen LogP contribution in [0.15, 0.2) is 213 Å². The maximum atomic E-state index is 6.89. The highest BCUT2D eigenvalue weighted by Crippen LogP contribution is 2.50. The van der Waals surface area contributed by atoms with Gasteiger partial charge in [-0.05, 0) is 89.0 Å². The maximum Gasteiger partial charge on any atom is 0.170 e. The van der Waals surface area contributed by atoms with Gasteiger partial charge in [-0.15, -0.1) is 0 Å². The first-order chi connectivity index (χ1) is 30.7. The number of rotatable bonds is 8. The molecular weight excluding hydrogens is 763 g/mol. The van der Waals surface area contributed by atoms with Crippen LogP contribution in [0.2, 0.25) is 0 Å². The van der Waals surface area contributed by atoms with Crippen LogP contribution >= 0.6 is 0 Å². The number of nitrogens with zero attached hydrogens (tertiary/aromatic N) is 5. The normalized spacial score (nSPS) is 14.9. The lowest BCUT2D eigenvalue weighted by molar-refractivity contribution is 0.0769. The standard InChI is InChI=1S/C55H37N5O2/c1-3-13-36(14-4-1)37-21-25-40(26-22-37)54-58-53(39-15-5-2-6-16-39)59-55(60-54)41-27-23-38(24-28-41)45-29-30-46(52-51(45)61-49-19-7-8-20-50(49)62-52)42-33-43(47-17-9-11-31-56-47)35-44(34-42)48-18-10-12-32-57-48/h1-35,49-50H. The molecule has 0 fully saturated rings. The second kappa shape index (κ2) is 16.0. The molecule has 62 heavy (non-hydrogen) atoms. The number of hydrogen-bond acceptors (Lipinski definition) is 7. The van der Waals surface area contributed by atoms with Gasteiger partial charge in [0.25, 0.3) is 0 Å². The lowest BCUT2D eigenvalue weighted by atomic mass is 9.92. The third-order valence-electron chi connectivity index (χ3n) is 11.2. The fourth-order valence-corrected chi connectivity index (χ4v) is 8.04. The van der Waals surface area contributed by atoms with Crippen LogP contribution in [0.5, 0.6) is 11.5 Å². The van der Waals surface area contributed by atoms with Crippen LogP contribution in [0, 0.1) is 0 Å². The Morgan fingerprint density at radius 2 is 0.710 bits per heavy atom. The smallest absolute Gasteiger partial charge is 0.170 e. The Bertz CT molecular complexity index is 3040. The van der Waals surface area contributed by atoms with Crippen molar-refractivity contribution < 1.29 is 9.47 Å². The van der Waals surface area contributed by atoms with Crippen molar-refractivity contribution >= 4 is 0 Å². The number of pyridine rings is 2. The molecule has 294 valence electrons. The zero-order chi connectivity index (χ0) is 41.2. The van der Waals surface area contributed by atoms with E-state index in [1.165, 1.54) is 0 Å². The van der Waals surface area contributed by atoms with Crippen LogP contribution in [0.25, 0.3) is 90.1 Å². The van der Waals surface area contributed by atoms with E-state index < -0.39 is 0 Å². The average Bonchev–Trinajstić information content (AvgIpc) is 3.36. The second-order valence-electron chi connectivity index (χ2n) is 15.2. The van der Waals surface area contributed by atoms with E-state index in [4.69, 9.17) is 34.4 Å². The van der Waals surface area contributed by atoms with Crippen molar-refractivity contribution in [3.63, 3.8) is 0 Å². The highest BCUT2D eigenvalue weighted by molar-refractivity contribution is 5.88. The summed E-state index contributed by atoms with van der Waals surface area (Å²) in [5.74, 6) is 3.18. The zero-order valence-corrected chi connectivity index (χ0v) is 33.4. The molecule has 7 nitrogen and oxygen atoms in total. The van der Waals surface area contributed by atoms with Gasteiger partial charge in [-0.25, -0.2) is 15.0 Å². The van der Waals surface area contributed by atoms with Gasteiger partial charge in [0.1, 0.15) is 0 Å². The largest absolute Gasteiger partial charge is 0.478 e. The fraction of sp³-hybridized carbons (Fsp3) is 0.0364. The van der Waals surface area contributed by atoms with Crippen molar-refractivity contribution in [2.75, 3.05) is 0 Å². The summed E-state index contributed by atoms with van der Waals surface area (Å²) in [4.78, 5) is 24.4. The fourth-order valence-electron chi connectivity index (χ4n) is 8.04. The van der Waals surface area contributed by atoms with Crippen molar-refractivity contribution in [3.05, 3.63) is 213 Å². The Kier molecular flexibility index (Phi) is 9.52. The molecule has 4 heterocycles. The van der Waals surface area contributed by atoms with Crippen molar-refractivity contribution in [2.24, 2.45) is 0 Å². The first kappa shape index (κ1) is 36.8. The summed E-state index contributed by atoms with van der Waals surface area (Å²) in [7, 11) is 0. The lowest BCUT2D eigenvalue weighted by Crippen LogP contribution is -2.38. The molecule has 0 saturated carbocycles. The number of aromatic nitrogens is 5. The molecule has 1 aliphatic heterocycles. The van der Waals surface area contributed by atoms with Gasteiger partial charge in [-0.2, -0.15) is 0 Å². The summed E-state index contributed by atoms with van der Waals surface area (Å²) in [6, 6.07) is 59.7. The SMILES string of the molecule is C1=CC2Oc3c(-c4ccc(-c5nc(-c6ccccc6)nc(-c6ccc(-c7ccccc7)cc6)n5)cc4)ccc(-c4cc(-c5ccccn5)cc(-c5ccccn5)c4)c3OC2C=C1. The zero-order valence-electron chi connectivity index (χ0n) is 33.4. The van der Waals surface area contributed by atoms with Crippen LogP contribution < -0.4 is 9.47 Å². The van der Waals surface area contributed by atoms with Gasteiger partial charge in [0.15, 0.2) is 41.2 Å². The number of hydrogen-bond donors (Lipinski definition) is 0. The summed E-state index contributed by atoms with van der Waals surface area (Å²) < 4.78 is 13.8. The minimum atomic E-state index is -0.274. The van der Waals surface area contributed by atoms with Gasteiger partial charge in [0.2, 0.25) is 0 Å². The molecule has 7 heteroatoms. The van der Waals surface area contributed by atoms with E-state index in [9.17, 15) is 0 Å². The summed E-state index contributed by atoms with van der Waals surface area (Å²) in [5.41, 5.74) is 12.5. The van der Waals surface area contributed by atoms with E-state index in [0.29, 0.717) is 29.0 Å². The molecule has 0 N–H and O–H groups in total. The Balaban J connectivity index is 0.994. The highest BCUT2D eigenvalue weighted by Gasteiger charge is 2.33. The Morgan fingerprint density at radius 1 is 0.323 bits per heavy atom. The van der Waals surface area contributed by atoms with Gasteiger partial charge in [-0.3, -0.25) is 9.97 Å². The Labute approximate surface area is 359 Å². The number of benzene rings is 6. The van der Waals surface area contributed by atoms with Crippen molar-refractivity contribution in [2.45, 2.75) is 12.2 Å². The van der Waals surface area contributed by atoms with Crippen LogP contribution in [0.3, 0.4) is 0 Å². The van der Waals surface area contributed by atoms with Crippen molar-refractivity contribution in [1.29, 1.82) is 0 Å². The monoisotopic (exact) mass is 799 g/mol. The molecular formula is C55H37N5O2. The van der Waals surface area contributed by atoms with Crippen LogP contribution in [0.4, 0.5) is 0 Å². The van der Waals surface area contributed by atoms with E-state index in [2.05, 4.69) is 91.0 Å². The Morgan fingerprint density at radius 3 is 1.19 bits per heavy atom. The molecule has 2 unspecified atom stereocenters. The van der Waals surface area contributed by atoms with Gasteiger partial charge < -0.3 is 9.47 Å². The predicted molar refractivity (Wildman–Crippen MR) is 246 cm³/mol. The van der Waals surface area contributed by atoms with E-state index in [1.807, 2.05) is 122 Å². The summed E-state index contributed by atoms with van der Waals surface area (Å²) in [5, 5.41) is 0. The Hall–Kier alpha value is -8.29. The van der Waals surface area contributed by atoms with Gasteiger partial charge >= 0.3 is 0 Å². The van der Waals surface area contributed by atoms with Crippen LogP contribution in [-0.2, 0) is 0 Å². The molecule has 1 aliphatic carbocycles. The highest BCUT2D eigenvalue weighted by atomic mass is 16.6. The average molecular weight is 800 g/mol. The summed E-state index contributed by atoms with van der Waals surface area (Å²) in [6.07, 6.45) is 11.2. The van der Waals surface area contributed by atoms with Crippen molar-refractivity contribution in [1.82, 2.24) is 24.9 Å². The molecule has 2 atom stereocenters. The topological polar surface area (TPSA) is 82.9 Å². The third-order valence-corrected chi connectivity index (χ3v) is 11.2. The van der Waals surface area contributed by atoms with E-state index in [1.54, 1.807) is 0 Å². The van der Waals surface area contributed by atoms with Crippen LogP contribution in [0.1, 0.15) is 0 Å². The minimum absolute atomic E-state index is 0.272. The molecule has 6 aromatic carbocycles. The summed E-state index contributed by atoms with van der Waals surface area (Å²) >= 11 is 0. The maximum absolute atomic E-state index is 6.89. The van der Waals surface area contributed by atoms with Crippen LogP contribution in [-0.4, -0.2) is 37.1 Å². The van der Waals surface area contributed by atoms with E-state index in [-0.39, 0.29) is 12.2 Å². The number of fused-ring (bicyclic) bond motifs is 2. The first-order valence-electron chi connectivity index (χ1n) is 20.6. The number of allylic oxidation sites excluding steroid dienone is 2. The molecule has 0 bridgehead atoms. The molecule has 3 aromatic heterocycles. The van der Waals surface area contributed by atoms with Gasteiger partial charge in [-0.1, -0.05) is 133 Å². The van der Waals surface area contributed by atoms with E-state index >= 15 is 0 Å². The first-order valence-corrected chi connectivity index (χ1v) is 20.6. The quantitative estimate of drug-likeness (QED) is 0.151. The van der Waals surface area contributed by atoms with Crippen molar-refractivity contribution in [3.8, 4) is 102 Å². The molecule has 0 amide bonds. The molecule has 0 spiro atoms. The molecule has 9 aromatic rings. The predicted octanol–water partition coefficient (Wildman–Crippen LogP) is 12.6. The molecule has 11 rings (SSSR count).